The molecule has 1 aromatic rings. The van der Waals surface area contributed by atoms with Gasteiger partial charge in [-0.1, -0.05) is 70.1 Å². The number of rotatable bonds is 29. The van der Waals surface area contributed by atoms with Crippen molar-refractivity contribution in [3.05, 3.63) is 30.3 Å². The lowest BCUT2D eigenvalue weighted by Gasteiger charge is -2.08. The molecule has 0 aromatic heterocycles. The monoisotopic (exact) mass is 562 g/mol. The molecule has 1 rings (SSSR count). The Hall–Kier alpha value is -1.11. The Morgan fingerprint density at radius 3 is 1.29 bits per heavy atom. The smallest absolute Gasteiger partial charge is 0.297 e. The van der Waals surface area contributed by atoms with Crippen LogP contribution in [0, 0.1) is 0 Å². The van der Waals surface area contributed by atoms with Gasteiger partial charge in [0.1, 0.15) is 0 Å². The normalized spacial score (nSPS) is 11.8. The summed E-state index contributed by atoms with van der Waals surface area (Å²) in [5.41, 5.74) is 0. The molecular weight excluding hydrogens is 512 g/mol. The van der Waals surface area contributed by atoms with Gasteiger partial charge in [-0.2, -0.15) is 8.42 Å². The molecule has 0 saturated carbocycles. The molecule has 0 saturated heterocycles. The zero-order valence-corrected chi connectivity index (χ0v) is 24.1. The molecule has 0 radical (unpaired) electrons. The van der Waals surface area contributed by atoms with Crippen molar-refractivity contribution in [3.8, 4) is 0 Å². The van der Waals surface area contributed by atoms with Gasteiger partial charge in [0, 0.05) is 6.61 Å². The van der Waals surface area contributed by atoms with Crippen LogP contribution in [0.25, 0.3) is 0 Å². The van der Waals surface area contributed by atoms with Gasteiger partial charge in [-0.15, -0.1) is 0 Å². The van der Waals surface area contributed by atoms with Crippen molar-refractivity contribution in [2.75, 3.05) is 85.9 Å². The van der Waals surface area contributed by atoms with Crippen LogP contribution in [0.1, 0.15) is 58.3 Å². The van der Waals surface area contributed by atoms with E-state index in [9.17, 15) is 8.42 Å². The highest BCUT2D eigenvalue weighted by Crippen LogP contribution is 2.11. The molecule has 0 aliphatic heterocycles. The van der Waals surface area contributed by atoms with Crippen molar-refractivity contribution in [1.29, 1.82) is 0 Å². The Labute approximate surface area is 230 Å². The van der Waals surface area contributed by atoms with E-state index in [-0.39, 0.29) is 18.1 Å². The van der Waals surface area contributed by atoms with E-state index in [4.69, 9.17) is 32.6 Å². The number of hydrogen-bond acceptors (Lipinski definition) is 9. The Balaban J connectivity index is 1.70. The Morgan fingerprint density at radius 1 is 0.474 bits per heavy atom. The molecule has 0 aliphatic rings. The van der Waals surface area contributed by atoms with Crippen LogP contribution in [-0.2, 0) is 42.7 Å². The van der Waals surface area contributed by atoms with Crippen molar-refractivity contribution in [1.82, 2.24) is 0 Å². The van der Waals surface area contributed by atoms with Gasteiger partial charge in [0.15, 0.2) is 0 Å². The second-order valence-electron chi connectivity index (χ2n) is 8.74. The summed E-state index contributed by atoms with van der Waals surface area (Å²) < 4.78 is 61.5. The number of ether oxygens (including phenoxy) is 6. The third kappa shape index (κ3) is 21.8. The molecule has 0 heterocycles. The number of benzene rings is 1. The third-order valence-electron chi connectivity index (χ3n) is 5.50. The fraction of sp³-hybridized carbons (Fsp3) is 0.786. The van der Waals surface area contributed by atoms with E-state index < -0.39 is 10.1 Å². The van der Waals surface area contributed by atoms with Gasteiger partial charge in [0.25, 0.3) is 10.1 Å². The van der Waals surface area contributed by atoms with Crippen molar-refractivity contribution < 1.29 is 41.0 Å². The van der Waals surface area contributed by atoms with Crippen molar-refractivity contribution in [2.24, 2.45) is 0 Å². The first-order valence-corrected chi connectivity index (χ1v) is 15.5. The summed E-state index contributed by atoms with van der Waals surface area (Å²) in [5, 5.41) is 0. The zero-order valence-electron chi connectivity index (χ0n) is 23.3. The summed E-state index contributed by atoms with van der Waals surface area (Å²) in [5.74, 6) is 0. The maximum atomic E-state index is 11.9. The van der Waals surface area contributed by atoms with Crippen LogP contribution < -0.4 is 0 Å². The minimum Gasteiger partial charge on any atom is -0.379 e. The van der Waals surface area contributed by atoms with E-state index in [1.807, 2.05) is 0 Å². The van der Waals surface area contributed by atoms with Gasteiger partial charge in [-0.3, -0.25) is 4.18 Å². The SMILES string of the molecule is CCCCCCCCCCOCCOCCOCCOCCOCCOCCOS(=O)(=O)c1ccccc1. The summed E-state index contributed by atoms with van der Waals surface area (Å²) >= 11 is 0. The van der Waals surface area contributed by atoms with Crippen LogP contribution in [0.4, 0.5) is 0 Å². The number of unbranched alkanes of at least 4 members (excludes halogenated alkanes) is 7. The number of hydrogen-bond donors (Lipinski definition) is 0. The fourth-order valence-corrected chi connectivity index (χ4v) is 4.31. The molecule has 0 bridgehead atoms. The van der Waals surface area contributed by atoms with Crippen molar-refractivity contribution in [3.63, 3.8) is 0 Å². The van der Waals surface area contributed by atoms with Gasteiger partial charge >= 0.3 is 0 Å². The van der Waals surface area contributed by atoms with E-state index >= 15 is 0 Å². The predicted molar refractivity (Wildman–Crippen MR) is 147 cm³/mol. The molecule has 0 N–H and O–H groups in total. The zero-order chi connectivity index (χ0) is 27.4. The maximum absolute atomic E-state index is 11.9. The Kier molecular flexibility index (Phi) is 24.0. The third-order valence-corrected chi connectivity index (χ3v) is 6.83. The first-order valence-electron chi connectivity index (χ1n) is 14.1. The molecule has 1 aromatic carbocycles. The van der Waals surface area contributed by atoms with Gasteiger partial charge in [0.2, 0.25) is 0 Å². The highest BCUT2D eigenvalue weighted by Gasteiger charge is 2.13. The van der Waals surface area contributed by atoms with Crippen LogP contribution in [0.15, 0.2) is 35.2 Å². The molecule has 9 nitrogen and oxygen atoms in total. The quantitative estimate of drug-likeness (QED) is 0.102. The van der Waals surface area contributed by atoms with Crippen LogP contribution in [0.5, 0.6) is 0 Å². The Morgan fingerprint density at radius 2 is 0.842 bits per heavy atom. The van der Waals surface area contributed by atoms with Gasteiger partial charge in [-0.25, -0.2) is 0 Å². The highest BCUT2D eigenvalue weighted by molar-refractivity contribution is 7.86. The lowest BCUT2D eigenvalue weighted by molar-refractivity contribution is -0.0178. The summed E-state index contributed by atoms with van der Waals surface area (Å²) in [7, 11) is -3.74. The summed E-state index contributed by atoms with van der Waals surface area (Å²) in [6, 6.07) is 8.02. The van der Waals surface area contributed by atoms with Crippen molar-refractivity contribution >= 4 is 10.1 Å². The molecule has 0 unspecified atom stereocenters. The minimum atomic E-state index is -3.74. The van der Waals surface area contributed by atoms with E-state index in [0.29, 0.717) is 66.1 Å². The first-order chi connectivity index (χ1) is 18.7. The molecule has 0 spiro atoms. The standard InChI is InChI=1S/C28H50O9S/c1-2-3-4-5-6-7-8-12-15-31-16-17-32-18-19-33-20-21-34-22-23-35-24-25-36-26-27-37-38(29,30)28-13-10-9-11-14-28/h9-11,13-14H,2-8,12,15-27H2,1H3. The van der Waals surface area contributed by atoms with E-state index in [1.54, 1.807) is 18.2 Å². The lowest BCUT2D eigenvalue weighted by Crippen LogP contribution is -2.15. The summed E-state index contributed by atoms with van der Waals surface area (Å²) in [6.45, 7) is 8.16. The molecule has 0 atom stereocenters. The van der Waals surface area contributed by atoms with E-state index in [1.165, 1.54) is 57.1 Å². The van der Waals surface area contributed by atoms with Crippen LogP contribution >= 0.6 is 0 Å². The summed E-state index contributed by atoms with van der Waals surface area (Å²) in [4.78, 5) is 0.131. The molecule has 10 heteroatoms. The van der Waals surface area contributed by atoms with Crippen LogP contribution in [0.2, 0.25) is 0 Å². The van der Waals surface area contributed by atoms with Crippen LogP contribution in [-0.4, -0.2) is 94.3 Å². The first kappa shape index (κ1) is 34.9. The molecule has 0 aliphatic carbocycles. The molecule has 0 fully saturated rings. The largest absolute Gasteiger partial charge is 0.379 e. The average molecular weight is 563 g/mol. The predicted octanol–water partition coefficient (Wildman–Crippen LogP) is 4.63. The topological polar surface area (TPSA) is 98.8 Å². The summed E-state index contributed by atoms with van der Waals surface area (Å²) in [6.07, 6.45) is 10.5. The van der Waals surface area contributed by atoms with Gasteiger partial charge in [0.05, 0.1) is 84.2 Å². The molecular formula is C28H50O9S. The van der Waals surface area contributed by atoms with Gasteiger partial charge in [-0.05, 0) is 18.6 Å². The van der Waals surface area contributed by atoms with E-state index in [2.05, 4.69) is 6.92 Å². The second kappa shape index (κ2) is 26.1. The lowest BCUT2D eigenvalue weighted by atomic mass is 10.1. The van der Waals surface area contributed by atoms with Crippen LogP contribution in [0.3, 0.4) is 0 Å². The molecule has 222 valence electrons. The Bertz CT molecular complexity index is 716. The van der Waals surface area contributed by atoms with Crippen molar-refractivity contribution in [2.45, 2.75) is 63.2 Å². The highest BCUT2D eigenvalue weighted by atomic mass is 32.2. The van der Waals surface area contributed by atoms with Gasteiger partial charge < -0.3 is 28.4 Å². The fourth-order valence-electron chi connectivity index (χ4n) is 3.40. The van der Waals surface area contributed by atoms with E-state index in [0.717, 1.165) is 13.0 Å². The minimum absolute atomic E-state index is 0.0431. The molecule has 38 heavy (non-hydrogen) atoms. The average Bonchev–Trinajstić information content (AvgIpc) is 2.93. The maximum Gasteiger partial charge on any atom is 0.297 e. The molecule has 0 amide bonds. The second-order valence-corrected chi connectivity index (χ2v) is 10.4.